The maximum atomic E-state index is 2.66. The minimum atomic E-state index is 0.454. The molecule has 2 rings (SSSR count). The Morgan fingerprint density at radius 3 is 2.05 bits per heavy atom. The molecule has 0 bridgehead atoms. The van der Waals surface area contributed by atoms with E-state index in [4.69, 9.17) is 0 Å². The van der Waals surface area contributed by atoms with Gasteiger partial charge in [0.05, 0.1) is 0 Å². The van der Waals surface area contributed by atoms with Gasteiger partial charge >= 0.3 is 0 Å². The van der Waals surface area contributed by atoms with E-state index in [-0.39, 0.29) is 0 Å². The van der Waals surface area contributed by atoms with E-state index < -0.39 is 0 Å². The Hall–Kier alpha value is 0. The lowest BCUT2D eigenvalue weighted by molar-refractivity contribution is -0.0598. The standard InChI is InChI=1S/C19H36/c1-9-13(3)17(5,6)19(8,16-11-15(16)10-2)18(7)12-14(18)4/h13-16H,9-12H2,1-8H3. The van der Waals surface area contributed by atoms with Crippen molar-refractivity contribution in [3.8, 4) is 0 Å². The Morgan fingerprint density at radius 2 is 1.74 bits per heavy atom. The zero-order valence-electron chi connectivity index (χ0n) is 14.6. The Labute approximate surface area is 121 Å². The summed E-state index contributed by atoms with van der Waals surface area (Å²) < 4.78 is 0. The number of hydrogen-bond acceptors (Lipinski definition) is 0. The molecular formula is C19H36. The van der Waals surface area contributed by atoms with E-state index in [2.05, 4.69) is 55.4 Å². The van der Waals surface area contributed by atoms with Gasteiger partial charge in [-0.1, -0.05) is 68.2 Å². The first kappa shape index (κ1) is 15.4. The highest BCUT2D eigenvalue weighted by Crippen LogP contribution is 2.77. The third-order valence-electron chi connectivity index (χ3n) is 8.22. The zero-order chi connectivity index (χ0) is 14.6. The first-order valence-corrected chi connectivity index (χ1v) is 8.66. The van der Waals surface area contributed by atoms with Gasteiger partial charge in [-0.05, 0) is 52.8 Å². The topological polar surface area (TPSA) is 0 Å². The third-order valence-corrected chi connectivity index (χ3v) is 8.22. The Balaban J connectivity index is 2.36. The highest BCUT2D eigenvalue weighted by Gasteiger charge is 2.70. The molecule has 0 heterocycles. The first-order chi connectivity index (χ1) is 8.66. The fourth-order valence-electron chi connectivity index (χ4n) is 5.37. The molecule has 0 spiro atoms. The summed E-state index contributed by atoms with van der Waals surface area (Å²) >= 11 is 0. The quantitative estimate of drug-likeness (QED) is 0.539. The molecule has 0 aliphatic heterocycles. The average molecular weight is 264 g/mol. The molecule has 0 nitrogen and oxygen atoms in total. The average Bonchev–Trinajstić information content (AvgIpc) is 3.25. The molecule has 2 aliphatic rings. The minimum absolute atomic E-state index is 0.454. The van der Waals surface area contributed by atoms with Gasteiger partial charge in [-0.15, -0.1) is 0 Å². The van der Waals surface area contributed by atoms with Crippen LogP contribution in [0.25, 0.3) is 0 Å². The van der Waals surface area contributed by atoms with Crippen LogP contribution < -0.4 is 0 Å². The highest BCUT2D eigenvalue weighted by molar-refractivity contribution is 5.18. The van der Waals surface area contributed by atoms with E-state index in [0.717, 1.165) is 23.7 Å². The van der Waals surface area contributed by atoms with Gasteiger partial charge < -0.3 is 0 Å². The highest BCUT2D eigenvalue weighted by atomic mass is 14.7. The fraction of sp³-hybridized carbons (Fsp3) is 1.00. The van der Waals surface area contributed by atoms with Gasteiger partial charge in [0.15, 0.2) is 0 Å². The largest absolute Gasteiger partial charge is 0.0651 e. The van der Waals surface area contributed by atoms with E-state index >= 15 is 0 Å². The van der Waals surface area contributed by atoms with Crippen LogP contribution in [0.1, 0.15) is 81.1 Å². The second-order valence-corrected chi connectivity index (χ2v) is 8.77. The maximum Gasteiger partial charge on any atom is -0.0185 e. The van der Waals surface area contributed by atoms with Crippen LogP contribution in [-0.4, -0.2) is 0 Å². The lowest BCUT2D eigenvalue weighted by atomic mass is 9.51. The molecule has 0 aromatic carbocycles. The number of hydrogen-bond donors (Lipinski definition) is 0. The van der Waals surface area contributed by atoms with E-state index in [9.17, 15) is 0 Å². The van der Waals surface area contributed by atoms with Crippen molar-refractivity contribution in [2.24, 2.45) is 39.9 Å². The summed E-state index contributed by atoms with van der Waals surface area (Å²) in [5.41, 5.74) is 1.57. The second-order valence-electron chi connectivity index (χ2n) is 8.77. The van der Waals surface area contributed by atoms with Crippen molar-refractivity contribution in [1.82, 2.24) is 0 Å². The van der Waals surface area contributed by atoms with Crippen molar-refractivity contribution >= 4 is 0 Å². The van der Waals surface area contributed by atoms with Crippen LogP contribution in [-0.2, 0) is 0 Å². The van der Waals surface area contributed by atoms with Gasteiger partial charge in [0.1, 0.15) is 0 Å². The lowest BCUT2D eigenvalue weighted by Crippen LogP contribution is -2.48. The predicted octanol–water partition coefficient (Wildman–Crippen LogP) is 6.16. The molecule has 2 saturated carbocycles. The SMILES string of the molecule is CCC1CC1C(C)(C(C)(C)C(C)CC)C1(C)CC1C. The molecule has 0 saturated heterocycles. The van der Waals surface area contributed by atoms with Gasteiger partial charge in [-0.2, -0.15) is 0 Å². The Kier molecular flexibility index (Phi) is 3.64. The van der Waals surface area contributed by atoms with E-state index in [0.29, 0.717) is 16.2 Å². The molecule has 0 radical (unpaired) electrons. The molecule has 0 aromatic rings. The molecule has 2 fully saturated rings. The summed E-state index contributed by atoms with van der Waals surface area (Å²) in [4.78, 5) is 0. The molecule has 0 amide bonds. The summed E-state index contributed by atoms with van der Waals surface area (Å²) in [6.07, 6.45) is 5.66. The fourth-order valence-corrected chi connectivity index (χ4v) is 5.37. The van der Waals surface area contributed by atoms with Crippen molar-refractivity contribution in [3.05, 3.63) is 0 Å². The van der Waals surface area contributed by atoms with E-state index in [1.54, 1.807) is 0 Å². The lowest BCUT2D eigenvalue weighted by Gasteiger charge is -2.54. The van der Waals surface area contributed by atoms with Crippen molar-refractivity contribution in [3.63, 3.8) is 0 Å². The Bertz CT molecular complexity index is 342. The van der Waals surface area contributed by atoms with E-state index in [1.807, 2.05) is 0 Å². The molecule has 6 atom stereocenters. The van der Waals surface area contributed by atoms with Crippen molar-refractivity contribution in [2.45, 2.75) is 81.1 Å². The smallest absolute Gasteiger partial charge is 0.0185 e. The molecule has 0 aromatic heterocycles. The molecule has 6 unspecified atom stereocenters. The predicted molar refractivity (Wildman–Crippen MR) is 85.1 cm³/mol. The van der Waals surface area contributed by atoms with Gasteiger partial charge in [0, 0.05) is 0 Å². The first-order valence-electron chi connectivity index (χ1n) is 8.66. The molecule has 0 heteroatoms. The summed E-state index contributed by atoms with van der Waals surface area (Å²) in [5, 5.41) is 0. The Morgan fingerprint density at radius 1 is 1.21 bits per heavy atom. The molecule has 2 aliphatic carbocycles. The van der Waals surface area contributed by atoms with Crippen LogP contribution in [0.3, 0.4) is 0 Å². The van der Waals surface area contributed by atoms with Crippen LogP contribution in [0.5, 0.6) is 0 Å². The molecule has 0 N–H and O–H groups in total. The van der Waals surface area contributed by atoms with E-state index in [1.165, 1.54) is 25.7 Å². The van der Waals surface area contributed by atoms with Gasteiger partial charge in [-0.25, -0.2) is 0 Å². The van der Waals surface area contributed by atoms with Gasteiger partial charge in [-0.3, -0.25) is 0 Å². The summed E-state index contributed by atoms with van der Waals surface area (Å²) in [7, 11) is 0. The molecule has 112 valence electrons. The van der Waals surface area contributed by atoms with Crippen LogP contribution in [0, 0.1) is 39.9 Å². The van der Waals surface area contributed by atoms with Crippen molar-refractivity contribution in [1.29, 1.82) is 0 Å². The van der Waals surface area contributed by atoms with Crippen LogP contribution in [0.4, 0.5) is 0 Å². The molecular weight excluding hydrogens is 228 g/mol. The maximum absolute atomic E-state index is 2.66. The summed E-state index contributed by atoms with van der Waals surface area (Å²) in [6.45, 7) is 20.1. The van der Waals surface area contributed by atoms with Crippen LogP contribution in [0.15, 0.2) is 0 Å². The number of rotatable bonds is 6. The van der Waals surface area contributed by atoms with Gasteiger partial charge in [0.2, 0.25) is 0 Å². The normalized spacial score (nSPS) is 42.6. The third kappa shape index (κ3) is 1.92. The second kappa shape index (κ2) is 4.50. The minimum Gasteiger partial charge on any atom is -0.0651 e. The summed E-state index contributed by atoms with van der Waals surface area (Å²) in [6, 6.07) is 0. The monoisotopic (exact) mass is 264 g/mol. The van der Waals surface area contributed by atoms with Gasteiger partial charge in [0.25, 0.3) is 0 Å². The van der Waals surface area contributed by atoms with Crippen molar-refractivity contribution in [2.75, 3.05) is 0 Å². The summed E-state index contributed by atoms with van der Waals surface area (Å²) in [5.74, 6) is 3.74. The van der Waals surface area contributed by atoms with Crippen LogP contribution in [0.2, 0.25) is 0 Å². The van der Waals surface area contributed by atoms with Crippen LogP contribution >= 0.6 is 0 Å². The van der Waals surface area contributed by atoms with Crippen molar-refractivity contribution < 1.29 is 0 Å². The molecule has 19 heavy (non-hydrogen) atoms. The zero-order valence-corrected chi connectivity index (χ0v) is 14.6.